The van der Waals surface area contributed by atoms with Gasteiger partial charge in [0.05, 0.1) is 0 Å². The number of amides is 1. The van der Waals surface area contributed by atoms with E-state index in [-0.39, 0.29) is 0 Å². The molecule has 1 heterocycles. The molecule has 11 heavy (non-hydrogen) atoms. The van der Waals surface area contributed by atoms with E-state index in [2.05, 4.69) is 0 Å². The quantitative estimate of drug-likeness (QED) is 0.672. The van der Waals surface area contributed by atoms with Gasteiger partial charge in [0.2, 0.25) is 0 Å². The standard InChI is InChI=1S/C5H7NO2S3/c1-3-4(10-11-9-3)6(2)5(7)8/h1-2H3,(H,7,8). The second kappa shape index (κ2) is 3.64. The second-order valence-electron chi connectivity index (χ2n) is 1.94. The number of rotatable bonds is 1. The number of hydrogen-bond donors (Lipinski definition) is 1. The van der Waals surface area contributed by atoms with Crippen LogP contribution in [0.2, 0.25) is 0 Å². The number of carboxylic acid groups (broad SMARTS) is 1. The van der Waals surface area contributed by atoms with Crippen molar-refractivity contribution >= 4 is 37.5 Å². The van der Waals surface area contributed by atoms with Crippen LogP contribution >= 0.6 is 31.4 Å². The fourth-order valence-electron chi connectivity index (χ4n) is 0.574. The van der Waals surface area contributed by atoms with E-state index in [0.717, 1.165) is 9.93 Å². The van der Waals surface area contributed by atoms with E-state index < -0.39 is 6.09 Å². The smallest absolute Gasteiger partial charge is 0.412 e. The lowest BCUT2D eigenvalue weighted by molar-refractivity contribution is 0.169. The van der Waals surface area contributed by atoms with Gasteiger partial charge in [-0.2, -0.15) is 0 Å². The lowest BCUT2D eigenvalue weighted by atomic mass is 10.6. The molecule has 0 saturated carbocycles. The summed E-state index contributed by atoms with van der Waals surface area (Å²) in [5, 5.41) is 9.45. The topological polar surface area (TPSA) is 40.5 Å². The van der Waals surface area contributed by atoms with Crippen molar-refractivity contribution < 1.29 is 9.90 Å². The Labute approximate surface area is 76.4 Å². The first-order chi connectivity index (χ1) is 5.13. The highest BCUT2D eigenvalue weighted by Crippen LogP contribution is 2.54. The summed E-state index contributed by atoms with van der Waals surface area (Å²) in [6.45, 7) is 1.92. The fourth-order valence-corrected chi connectivity index (χ4v) is 5.21. The maximum absolute atomic E-state index is 10.5. The highest BCUT2D eigenvalue weighted by molar-refractivity contribution is 9.12. The average Bonchev–Trinajstić information content (AvgIpc) is 2.33. The van der Waals surface area contributed by atoms with E-state index in [1.165, 1.54) is 15.7 Å². The first-order valence-corrected chi connectivity index (χ1v) is 6.30. The minimum atomic E-state index is -0.907. The van der Waals surface area contributed by atoms with Crippen LogP contribution in [0.3, 0.4) is 0 Å². The zero-order chi connectivity index (χ0) is 8.43. The van der Waals surface area contributed by atoms with Gasteiger partial charge in [-0.3, -0.25) is 4.90 Å². The monoisotopic (exact) mass is 209 g/mol. The highest BCUT2D eigenvalue weighted by Gasteiger charge is 2.21. The van der Waals surface area contributed by atoms with Gasteiger partial charge in [0.1, 0.15) is 5.03 Å². The number of allylic oxidation sites excluding steroid dienone is 1. The molecule has 62 valence electrons. The first-order valence-electron chi connectivity index (χ1n) is 2.81. The van der Waals surface area contributed by atoms with Crippen LogP contribution in [0.4, 0.5) is 4.79 Å². The van der Waals surface area contributed by atoms with Crippen molar-refractivity contribution in [3.8, 4) is 0 Å². The molecule has 0 aliphatic carbocycles. The van der Waals surface area contributed by atoms with Gasteiger partial charge in [0.15, 0.2) is 0 Å². The Kier molecular flexibility index (Phi) is 3.03. The summed E-state index contributed by atoms with van der Waals surface area (Å²) in [6, 6.07) is 0. The lowest BCUT2D eigenvalue weighted by Crippen LogP contribution is -2.22. The number of hydrogen-bond acceptors (Lipinski definition) is 4. The van der Waals surface area contributed by atoms with Crippen molar-refractivity contribution in [1.82, 2.24) is 4.90 Å². The molecule has 0 saturated heterocycles. The number of nitrogens with zero attached hydrogens (tertiary/aromatic N) is 1. The first kappa shape index (κ1) is 9.15. The summed E-state index contributed by atoms with van der Waals surface area (Å²) >= 11 is 0. The van der Waals surface area contributed by atoms with Gasteiger partial charge in [-0.25, -0.2) is 4.79 Å². The maximum atomic E-state index is 10.5. The summed E-state index contributed by atoms with van der Waals surface area (Å²) in [7, 11) is 6.24. The van der Waals surface area contributed by atoms with Crippen LogP contribution < -0.4 is 0 Å². The molecule has 0 fully saturated rings. The van der Waals surface area contributed by atoms with Gasteiger partial charge in [-0.15, -0.1) is 0 Å². The van der Waals surface area contributed by atoms with Crippen LogP contribution in [0.1, 0.15) is 6.92 Å². The van der Waals surface area contributed by atoms with Gasteiger partial charge < -0.3 is 5.11 Å². The van der Waals surface area contributed by atoms with E-state index >= 15 is 0 Å². The Morgan fingerprint density at radius 1 is 1.55 bits per heavy atom. The fraction of sp³-hybridized carbons (Fsp3) is 0.400. The van der Waals surface area contributed by atoms with Crippen molar-refractivity contribution in [3.05, 3.63) is 9.93 Å². The highest BCUT2D eigenvalue weighted by atomic mass is 33.5. The molecule has 0 aromatic heterocycles. The van der Waals surface area contributed by atoms with Crippen LogP contribution in [0, 0.1) is 0 Å². The second-order valence-corrected chi connectivity index (χ2v) is 6.04. The van der Waals surface area contributed by atoms with Crippen LogP contribution in [0.25, 0.3) is 0 Å². The summed E-state index contributed by atoms with van der Waals surface area (Å²) in [4.78, 5) is 12.8. The molecule has 1 aliphatic rings. The van der Waals surface area contributed by atoms with Crippen LogP contribution in [-0.2, 0) is 0 Å². The molecule has 0 bridgehead atoms. The molecule has 0 aromatic carbocycles. The van der Waals surface area contributed by atoms with E-state index in [1.807, 2.05) is 6.92 Å². The van der Waals surface area contributed by atoms with E-state index in [9.17, 15) is 4.79 Å². The molecule has 0 spiro atoms. The van der Waals surface area contributed by atoms with Crippen LogP contribution in [0.5, 0.6) is 0 Å². The summed E-state index contributed by atoms with van der Waals surface area (Å²) < 4.78 is 0. The Bertz CT molecular complexity index is 216. The molecule has 1 aliphatic heterocycles. The third kappa shape index (κ3) is 2.00. The third-order valence-electron chi connectivity index (χ3n) is 1.16. The molecule has 0 unspecified atom stereocenters. The SMILES string of the molecule is CC1=C(N(C)C(=O)O)SSS1. The van der Waals surface area contributed by atoms with E-state index in [4.69, 9.17) is 5.11 Å². The molecule has 3 nitrogen and oxygen atoms in total. The Hall–Kier alpha value is 0.0600. The minimum absolute atomic E-state index is 0.826. The van der Waals surface area contributed by atoms with Gasteiger partial charge in [0.25, 0.3) is 0 Å². The molecule has 1 amide bonds. The third-order valence-corrected chi connectivity index (χ3v) is 5.47. The zero-order valence-electron chi connectivity index (χ0n) is 6.03. The molecule has 0 radical (unpaired) electrons. The van der Waals surface area contributed by atoms with Crippen LogP contribution in [-0.4, -0.2) is 23.1 Å². The molecule has 0 aromatic rings. The molecule has 0 atom stereocenters. The summed E-state index contributed by atoms with van der Waals surface area (Å²) in [6.07, 6.45) is -0.907. The molecule has 1 rings (SSSR count). The zero-order valence-corrected chi connectivity index (χ0v) is 8.48. The largest absolute Gasteiger partial charge is 0.465 e. The molecular formula is C5H7NO2S3. The predicted octanol–water partition coefficient (Wildman–Crippen LogP) is 2.83. The van der Waals surface area contributed by atoms with E-state index in [0.29, 0.717) is 0 Å². The molecule has 6 heteroatoms. The number of carbonyl (C=O) groups is 1. The lowest BCUT2D eigenvalue weighted by Gasteiger charge is -2.12. The van der Waals surface area contributed by atoms with Crippen molar-refractivity contribution in [1.29, 1.82) is 0 Å². The maximum Gasteiger partial charge on any atom is 0.412 e. The predicted molar refractivity (Wildman–Crippen MR) is 51.3 cm³/mol. The summed E-state index contributed by atoms with van der Waals surface area (Å²) in [5.41, 5.74) is 0. The minimum Gasteiger partial charge on any atom is -0.465 e. The van der Waals surface area contributed by atoms with E-state index in [1.54, 1.807) is 27.7 Å². The van der Waals surface area contributed by atoms with Crippen LogP contribution in [0.15, 0.2) is 9.93 Å². The van der Waals surface area contributed by atoms with Crippen molar-refractivity contribution in [2.45, 2.75) is 6.92 Å². The molecular weight excluding hydrogens is 202 g/mol. The van der Waals surface area contributed by atoms with Crippen molar-refractivity contribution in [3.63, 3.8) is 0 Å². The average molecular weight is 209 g/mol. The Balaban J connectivity index is 2.73. The van der Waals surface area contributed by atoms with Gasteiger partial charge in [-0.1, -0.05) is 0 Å². The van der Waals surface area contributed by atoms with Gasteiger partial charge in [-0.05, 0) is 38.3 Å². The van der Waals surface area contributed by atoms with Crippen molar-refractivity contribution in [2.75, 3.05) is 7.05 Å². The van der Waals surface area contributed by atoms with Gasteiger partial charge >= 0.3 is 6.09 Å². The Morgan fingerprint density at radius 2 is 2.18 bits per heavy atom. The molecule has 1 N–H and O–H groups in total. The normalized spacial score (nSPS) is 17.3. The Morgan fingerprint density at radius 3 is 2.55 bits per heavy atom. The van der Waals surface area contributed by atoms with Crippen molar-refractivity contribution in [2.24, 2.45) is 0 Å². The van der Waals surface area contributed by atoms with Gasteiger partial charge in [0, 0.05) is 12.0 Å². The summed E-state index contributed by atoms with van der Waals surface area (Å²) in [5.74, 6) is 0.